The number of nitro benzene ring substituents is 1. The highest BCUT2D eigenvalue weighted by Gasteiger charge is 2.08. The quantitative estimate of drug-likeness (QED) is 0.315. The molecule has 1 heterocycles. The molecule has 0 saturated heterocycles. The summed E-state index contributed by atoms with van der Waals surface area (Å²) in [6.45, 7) is 0. The van der Waals surface area contributed by atoms with Crippen LogP contribution in [0.25, 0.3) is 16.7 Å². The number of nitrogens with zero attached hydrogens (tertiary/aromatic N) is 4. The maximum Gasteiger partial charge on any atom is 0.262 e. The van der Waals surface area contributed by atoms with Gasteiger partial charge in [-0.05, 0) is 41.6 Å². The second-order valence-electron chi connectivity index (χ2n) is 5.83. The number of nitro groups is 1. The standard InChI is InChI=1S/C20H14N4O3/c25-20-14(5-4-8-19(20)24(26)27)12-21-15-9-10-18-17(11-15)22-13-23(18)16-6-2-1-3-7-16/h1-13,25H/p-1. The van der Waals surface area contributed by atoms with E-state index in [-0.39, 0.29) is 5.56 Å². The van der Waals surface area contributed by atoms with Gasteiger partial charge in [0.2, 0.25) is 0 Å². The van der Waals surface area contributed by atoms with Gasteiger partial charge in [-0.2, -0.15) is 0 Å². The predicted molar refractivity (Wildman–Crippen MR) is 101 cm³/mol. The van der Waals surface area contributed by atoms with Gasteiger partial charge in [-0.1, -0.05) is 30.3 Å². The molecule has 0 atom stereocenters. The first kappa shape index (κ1) is 16.5. The van der Waals surface area contributed by atoms with Crippen LogP contribution < -0.4 is 5.11 Å². The summed E-state index contributed by atoms with van der Waals surface area (Å²) in [4.78, 5) is 18.8. The number of hydrogen-bond acceptors (Lipinski definition) is 5. The fourth-order valence-electron chi connectivity index (χ4n) is 2.81. The highest BCUT2D eigenvalue weighted by atomic mass is 16.6. The molecular formula is C20H13N4O3-. The van der Waals surface area contributed by atoms with E-state index < -0.39 is 16.4 Å². The molecule has 0 fully saturated rings. The van der Waals surface area contributed by atoms with Crippen molar-refractivity contribution in [1.29, 1.82) is 0 Å². The topological polar surface area (TPSA) is 96.4 Å². The Morgan fingerprint density at radius 3 is 2.63 bits per heavy atom. The average molecular weight is 357 g/mol. The molecule has 7 nitrogen and oxygen atoms in total. The summed E-state index contributed by atoms with van der Waals surface area (Å²) in [6.07, 6.45) is 3.08. The summed E-state index contributed by atoms with van der Waals surface area (Å²) < 4.78 is 1.97. The molecule has 7 heteroatoms. The molecule has 0 radical (unpaired) electrons. The largest absolute Gasteiger partial charge is 0.867 e. The smallest absolute Gasteiger partial charge is 0.262 e. The van der Waals surface area contributed by atoms with Gasteiger partial charge in [0.1, 0.15) is 6.33 Å². The molecule has 0 aliphatic heterocycles. The summed E-state index contributed by atoms with van der Waals surface area (Å²) in [7, 11) is 0. The van der Waals surface area contributed by atoms with Crippen molar-refractivity contribution in [2.75, 3.05) is 0 Å². The zero-order chi connectivity index (χ0) is 18.8. The lowest BCUT2D eigenvalue weighted by atomic mass is 10.2. The molecule has 4 rings (SSSR count). The van der Waals surface area contributed by atoms with Gasteiger partial charge < -0.3 is 5.11 Å². The Morgan fingerprint density at radius 2 is 1.85 bits per heavy atom. The molecule has 27 heavy (non-hydrogen) atoms. The second kappa shape index (κ2) is 6.72. The summed E-state index contributed by atoms with van der Waals surface area (Å²) in [6, 6.07) is 19.5. The number of aliphatic imine (C=N–C) groups is 1. The highest BCUT2D eigenvalue weighted by Crippen LogP contribution is 2.27. The number of para-hydroxylation sites is 2. The molecular weight excluding hydrogens is 344 g/mol. The third kappa shape index (κ3) is 3.13. The number of rotatable bonds is 4. The van der Waals surface area contributed by atoms with Gasteiger partial charge in [-0.25, -0.2) is 4.98 Å². The second-order valence-corrected chi connectivity index (χ2v) is 5.83. The predicted octanol–water partition coefficient (Wildman–Crippen LogP) is 3.76. The van der Waals surface area contributed by atoms with E-state index in [9.17, 15) is 15.2 Å². The minimum absolute atomic E-state index is 0.166. The van der Waals surface area contributed by atoms with E-state index in [0.717, 1.165) is 16.7 Å². The molecule has 0 spiro atoms. The van der Waals surface area contributed by atoms with Crippen LogP contribution in [-0.2, 0) is 0 Å². The van der Waals surface area contributed by atoms with E-state index in [4.69, 9.17) is 0 Å². The highest BCUT2D eigenvalue weighted by molar-refractivity contribution is 5.88. The van der Waals surface area contributed by atoms with E-state index in [1.54, 1.807) is 12.4 Å². The molecule has 0 N–H and O–H groups in total. The minimum atomic E-state index is -0.693. The van der Waals surface area contributed by atoms with Crippen LogP contribution in [0.1, 0.15) is 5.56 Å². The van der Waals surface area contributed by atoms with Gasteiger partial charge >= 0.3 is 0 Å². The van der Waals surface area contributed by atoms with Gasteiger partial charge in [-0.3, -0.25) is 19.7 Å². The van der Waals surface area contributed by atoms with E-state index >= 15 is 0 Å². The number of hydrogen-bond donors (Lipinski definition) is 0. The third-order valence-corrected chi connectivity index (χ3v) is 4.14. The monoisotopic (exact) mass is 357 g/mol. The molecule has 0 amide bonds. The van der Waals surface area contributed by atoms with Gasteiger partial charge in [0.15, 0.2) is 0 Å². The van der Waals surface area contributed by atoms with E-state index in [0.29, 0.717) is 5.69 Å². The Bertz CT molecular complexity index is 1170. The normalized spacial score (nSPS) is 11.3. The molecule has 1 aromatic heterocycles. The van der Waals surface area contributed by atoms with Crippen molar-refractivity contribution in [2.45, 2.75) is 0 Å². The Hall–Kier alpha value is -4.00. The van der Waals surface area contributed by atoms with Crippen LogP contribution in [0.3, 0.4) is 0 Å². The number of imidazole rings is 1. The van der Waals surface area contributed by atoms with Crippen LogP contribution in [0.4, 0.5) is 11.4 Å². The molecule has 0 saturated carbocycles. The van der Waals surface area contributed by atoms with Gasteiger partial charge in [0, 0.05) is 18.0 Å². The SMILES string of the molecule is O=[N+]([O-])c1cccc(C=Nc2ccc3c(c2)ncn3-c2ccccc2)c1[O-]. The van der Waals surface area contributed by atoms with Crippen molar-refractivity contribution >= 4 is 28.6 Å². The first-order valence-corrected chi connectivity index (χ1v) is 8.14. The van der Waals surface area contributed by atoms with Crippen LogP contribution in [0, 0.1) is 10.1 Å². The summed E-state index contributed by atoms with van der Waals surface area (Å²) in [5.74, 6) is -0.652. The first-order valence-electron chi connectivity index (χ1n) is 8.14. The lowest BCUT2D eigenvalue weighted by Crippen LogP contribution is -2.01. The molecule has 0 bridgehead atoms. The van der Waals surface area contributed by atoms with Gasteiger partial charge in [-0.15, -0.1) is 0 Å². The average Bonchev–Trinajstić information content (AvgIpc) is 3.11. The fourth-order valence-corrected chi connectivity index (χ4v) is 2.81. The molecule has 0 unspecified atom stereocenters. The summed E-state index contributed by atoms with van der Waals surface area (Å²) in [5, 5.41) is 22.9. The van der Waals surface area contributed by atoms with Crippen molar-refractivity contribution in [3.8, 4) is 11.4 Å². The van der Waals surface area contributed by atoms with Gasteiger partial charge in [0.05, 0.1) is 21.6 Å². The Kier molecular flexibility index (Phi) is 4.10. The zero-order valence-corrected chi connectivity index (χ0v) is 14.0. The number of benzene rings is 3. The number of aromatic nitrogens is 2. The Balaban J connectivity index is 1.67. The first-order chi connectivity index (χ1) is 13.1. The van der Waals surface area contributed by atoms with Crippen LogP contribution in [0.5, 0.6) is 5.75 Å². The third-order valence-electron chi connectivity index (χ3n) is 4.14. The summed E-state index contributed by atoms with van der Waals surface area (Å²) >= 11 is 0. The van der Waals surface area contributed by atoms with E-state index in [1.165, 1.54) is 24.4 Å². The maximum atomic E-state index is 12.1. The Labute approximate surface area is 154 Å². The fraction of sp³-hybridized carbons (Fsp3) is 0. The van der Waals surface area contributed by atoms with Crippen LogP contribution in [0.15, 0.2) is 78.0 Å². The molecule has 0 aliphatic rings. The lowest BCUT2D eigenvalue weighted by molar-refractivity contribution is -0.398. The van der Waals surface area contributed by atoms with Crippen molar-refractivity contribution in [1.82, 2.24) is 9.55 Å². The van der Waals surface area contributed by atoms with Crippen molar-refractivity contribution < 1.29 is 10.0 Å². The molecule has 3 aromatic carbocycles. The van der Waals surface area contributed by atoms with Crippen molar-refractivity contribution in [3.63, 3.8) is 0 Å². The molecule has 0 aliphatic carbocycles. The van der Waals surface area contributed by atoms with Crippen LogP contribution in [-0.4, -0.2) is 20.7 Å². The van der Waals surface area contributed by atoms with E-state index in [2.05, 4.69) is 9.98 Å². The van der Waals surface area contributed by atoms with Crippen LogP contribution in [0.2, 0.25) is 0 Å². The van der Waals surface area contributed by atoms with Crippen molar-refractivity contribution in [3.05, 3.63) is 88.7 Å². The molecule has 132 valence electrons. The molecule has 4 aromatic rings. The maximum absolute atomic E-state index is 12.1. The zero-order valence-electron chi connectivity index (χ0n) is 14.0. The van der Waals surface area contributed by atoms with Gasteiger partial charge in [0.25, 0.3) is 5.69 Å². The summed E-state index contributed by atoms with van der Waals surface area (Å²) in [5.41, 5.74) is 3.00. The number of fused-ring (bicyclic) bond motifs is 1. The van der Waals surface area contributed by atoms with E-state index in [1.807, 2.05) is 47.0 Å². The minimum Gasteiger partial charge on any atom is -0.867 e. The lowest BCUT2D eigenvalue weighted by Gasteiger charge is -2.09. The Morgan fingerprint density at radius 1 is 1.04 bits per heavy atom. The van der Waals surface area contributed by atoms with Crippen molar-refractivity contribution in [2.24, 2.45) is 4.99 Å². The van der Waals surface area contributed by atoms with Crippen LogP contribution >= 0.6 is 0 Å².